The maximum absolute atomic E-state index is 5.95. The number of rotatable bonds is 0. The minimum atomic E-state index is 0.500. The van der Waals surface area contributed by atoms with Crippen LogP contribution in [0.25, 0.3) is 0 Å². The van der Waals surface area contributed by atoms with E-state index in [9.17, 15) is 0 Å². The molecule has 2 atom stereocenters. The predicted octanol–water partition coefficient (Wildman–Crippen LogP) is 0.477. The van der Waals surface area contributed by atoms with E-state index in [1.807, 2.05) is 0 Å². The van der Waals surface area contributed by atoms with Crippen LogP contribution >= 0.6 is 0 Å². The largest absolute Gasteiger partial charge is 0.327 e. The van der Waals surface area contributed by atoms with Gasteiger partial charge >= 0.3 is 0 Å². The van der Waals surface area contributed by atoms with Crippen LogP contribution in [0.2, 0.25) is 0 Å². The van der Waals surface area contributed by atoms with E-state index in [0.717, 1.165) is 0 Å². The molecular weight excluding hydrogens is 124 g/mol. The summed E-state index contributed by atoms with van der Waals surface area (Å²) in [5.74, 6) is 0. The molecule has 0 aromatic carbocycles. The highest BCUT2D eigenvalue weighted by Crippen LogP contribution is 2.44. The zero-order chi connectivity index (χ0) is 7.03. The number of hydrogen-bond acceptors (Lipinski definition) is 2. The summed E-state index contributed by atoms with van der Waals surface area (Å²) in [6.07, 6.45) is 5.30. The van der Waals surface area contributed by atoms with Gasteiger partial charge in [-0.3, -0.25) is 0 Å². The summed E-state index contributed by atoms with van der Waals surface area (Å²) in [5, 5.41) is 3.43. The van der Waals surface area contributed by atoms with E-state index in [-0.39, 0.29) is 0 Å². The van der Waals surface area contributed by atoms with Crippen molar-refractivity contribution in [2.45, 2.75) is 31.7 Å². The first kappa shape index (κ1) is 6.62. The highest BCUT2D eigenvalue weighted by atomic mass is 14.9. The molecule has 2 heteroatoms. The SMILES string of the molecule is N[C@@H]1CC[C@@]12CCCNC2. The number of nitrogens with two attached hydrogens (primary N) is 1. The van der Waals surface area contributed by atoms with Gasteiger partial charge in [0.05, 0.1) is 0 Å². The number of nitrogens with one attached hydrogen (secondary N) is 1. The molecule has 2 rings (SSSR count). The maximum Gasteiger partial charge on any atom is 0.0108 e. The Hall–Kier alpha value is -0.0800. The van der Waals surface area contributed by atoms with Crippen molar-refractivity contribution < 1.29 is 0 Å². The van der Waals surface area contributed by atoms with Crippen LogP contribution in [0.1, 0.15) is 25.7 Å². The second kappa shape index (κ2) is 2.21. The third kappa shape index (κ3) is 0.789. The fourth-order valence-corrected chi connectivity index (χ4v) is 2.24. The second-order valence-corrected chi connectivity index (χ2v) is 3.79. The molecule has 1 aliphatic carbocycles. The van der Waals surface area contributed by atoms with Crippen LogP contribution in [-0.2, 0) is 0 Å². The molecule has 0 unspecified atom stereocenters. The van der Waals surface area contributed by atoms with Crippen molar-refractivity contribution in [1.29, 1.82) is 0 Å². The maximum atomic E-state index is 5.95. The molecule has 2 aliphatic rings. The van der Waals surface area contributed by atoms with Crippen molar-refractivity contribution in [3.63, 3.8) is 0 Å². The summed E-state index contributed by atoms with van der Waals surface area (Å²) in [6.45, 7) is 2.38. The zero-order valence-electron chi connectivity index (χ0n) is 6.40. The lowest BCUT2D eigenvalue weighted by Gasteiger charge is -2.50. The van der Waals surface area contributed by atoms with Gasteiger partial charge < -0.3 is 11.1 Å². The Bertz CT molecular complexity index is 127. The third-order valence-electron chi connectivity index (χ3n) is 3.25. The molecule has 2 nitrogen and oxygen atoms in total. The average Bonchev–Trinajstić information content (AvgIpc) is 2.04. The molecule has 0 radical (unpaired) electrons. The van der Waals surface area contributed by atoms with Gasteiger partial charge in [-0.2, -0.15) is 0 Å². The van der Waals surface area contributed by atoms with Gasteiger partial charge in [0.1, 0.15) is 0 Å². The molecule has 0 aromatic rings. The van der Waals surface area contributed by atoms with Crippen LogP contribution < -0.4 is 11.1 Å². The van der Waals surface area contributed by atoms with Gasteiger partial charge in [0.15, 0.2) is 0 Å². The zero-order valence-corrected chi connectivity index (χ0v) is 6.40. The van der Waals surface area contributed by atoms with Crippen molar-refractivity contribution in [1.82, 2.24) is 5.32 Å². The van der Waals surface area contributed by atoms with E-state index in [1.165, 1.54) is 38.8 Å². The van der Waals surface area contributed by atoms with Gasteiger partial charge in [-0.15, -0.1) is 0 Å². The second-order valence-electron chi connectivity index (χ2n) is 3.79. The fraction of sp³-hybridized carbons (Fsp3) is 1.00. The summed E-state index contributed by atoms with van der Waals surface area (Å²) in [7, 11) is 0. The number of piperidine rings is 1. The van der Waals surface area contributed by atoms with Crippen LogP contribution in [0.4, 0.5) is 0 Å². The Labute approximate surface area is 62.2 Å². The van der Waals surface area contributed by atoms with E-state index in [1.54, 1.807) is 0 Å². The number of hydrogen-bond donors (Lipinski definition) is 2. The average molecular weight is 140 g/mol. The monoisotopic (exact) mass is 140 g/mol. The molecular formula is C8H16N2. The molecule has 58 valence electrons. The van der Waals surface area contributed by atoms with E-state index in [2.05, 4.69) is 5.32 Å². The topological polar surface area (TPSA) is 38.0 Å². The Morgan fingerprint density at radius 2 is 2.30 bits per heavy atom. The van der Waals surface area contributed by atoms with E-state index < -0.39 is 0 Å². The Morgan fingerprint density at radius 3 is 2.60 bits per heavy atom. The van der Waals surface area contributed by atoms with E-state index in [0.29, 0.717) is 11.5 Å². The van der Waals surface area contributed by atoms with E-state index in [4.69, 9.17) is 5.73 Å². The first-order valence-electron chi connectivity index (χ1n) is 4.30. The van der Waals surface area contributed by atoms with Gasteiger partial charge in [-0.25, -0.2) is 0 Å². The summed E-state index contributed by atoms with van der Waals surface area (Å²) < 4.78 is 0. The van der Waals surface area contributed by atoms with Crippen molar-refractivity contribution >= 4 is 0 Å². The van der Waals surface area contributed by atoms with Crippen LogP contribution in [0, 0.1) is 5.41 Å². The van der Waals surface area contributed by atoms with Crippen LogP contribution in [0.5, 0.6) is 0 Å². The Morgan fingerprint density at radius 1 is 1.40 bits per heavy atom. The fourth-order valence-electron chi connectivity index (χ4n) is 2.24. The standard InChI is InChI=1S/C8H16N2/c9-7-2-4-8(7)3-1-5-10-6-8/h7,10H,1-6,9H2/t7-,8-/m1/s1. The molecule has 10 heavy (non-hydrogen) atoms. The van der Waals surface area contributed by atoms with Gasteiger partial charge in [0.2, 0.25) is 0 Å². The minimum Gasteiger partial charge on any atom is -0.327 e. The van der Waals surface area contributed by atoms with Crippen LogP contribution in [0.3, 0.4) is 0 Å². The molecule has 0 amide bonds. The Balaban J connectivity index is 1.99. The predicted molar refractivity (Wildman–Crippen MR) is 41.7 cm³/mol. The lowest BCUT2D eigenvalue weighted by molar-refractivity contribution is 0.0605. The van der Waals surface area contributed by atoms with Crippen LogP contribution in [-0.4, -0.2) is 19.1 Å². The third-order valence-corrected chi connectivity index (χ3v) is 3.25. The van der Waals surface area contributed by atoms with Gasteiger partial charge in [0.25, 0.3) is 0 Å². The van der Waals surface area contributed by atoms with Crippen LogP contribution in [0.15, 0.2) is 0 Å². The normalized spacial score (nSPS) is 47.1. The van der Waals surface area contributed by atoms with Crippen molar-refractivity contribution in [2.24, 2.45) is 11.1 Å². The van der Waals surface area contributed by atoms with Crippen molar-refractivity contribution in [3.8, 4) is 0 Å². The summed E-state index contributed by atoms with van der Waals surface area (Å²) in [6, 6.07) is 0.500. The minimum absolute atomic E-state index is 0.500. The van der Waals surface area contributed by atoms with Gasteiger partial charge in [-0.1, -0.05) is 0 Å². The Kier molecular flexibility index (Phi) is 1.46. The highest BCUT2D eigenvalue weighted by Gasteiger charge is 2.44. The molecule has 1 saturated carbocycles. The van der Waals surface area contributed by atoms with Gasteiger partial charge in [-0.05, 0) is 37.6 Å². The lowest BCUT2D eigenvalue weighted by Crippen LogP contribution is -2.58. The first-order valence-corrected chi connectivity index (χ1v) is 4.30. The molecule has 0 bridgehead atoms. The summed E-state index contributed by atoms with van der Waals surface area (Å²) >= 11 is 0. The molecule has 1 spiro atoms. The lowest BCUT2D eigenvalue weighted by atomic mass is 9.61. The summed E-state index contributed by atoms with van der Waals surface area (Å²) in [4.78, 5) is 0. The van der Waals surface area contributed by atoms with Crippen molar-refractivity contribution in [3.05, 3.63) is 0 Å². The highest BCUT2D eigenvalue weighted by molar-refractivity contribution is 5.01. The molecule has 1 saturated heterocycles. The molecule has 1 aliphatic heterocycles. The molecule has 0 aromatic heterocycles. The molecule has 3 N–H and O–H groups in total. The van der Waals surface area contributed by atoms with E-state index >= 15 is 0 Å². The van der Waals surface area contributed by atoms with Crippen molar-refractivity contribution in [2.75, 3.05) is 13.1 Å². The van der Waals surface area contributed by atoms with Gasteiger partial charge in [0, 0.05) is 12.6 Å². The first-order chi connectivity index (χ1) is 4.83. The smallest absolute Gasteiger partial charge is 0.0108 e. The quantitative estimate of drug-likeness (QED) is 0.513. The molecule has 1 heterocycles. The summed E-state index contributed by atoms with van der Waals surface area (Å²) in [5.41, 5.74) is 6.47. The molecule has 2 fully saturated rings.